The number of nitrogens with one attached hydrogen (secondary N) is 1. The Hall–Kier alpha value is -0.710. The van der Waals surface area contributed by atoms with E-state index in [0.29, 0.717) is 10.7 Å². The molecule has 104 valence electrons. The van der Waals surface area contributed by atoms with E-state index in [0.717, 1.165) is 18.1 Å². The number of carbonyl (C=O) groups excluding carboxylic acids is 1. The van der Waals surface area contributed by atoms with Crippen molar-refractivity contribution in [2.45, 2.75) is 45.4 Å². The molecule has 0 aromatic rings. The molecule has 0 spiro atoms. The SMILES string of the molecule is CC(NC1=NCC(CC(C)(C)C)S1)C(=O)N(C)C. The van der Waals surface area contributed by atoms with E-state index in [9.17, 15) is 4.79 Å². The Bertz CT molecular complexity index is 334. The molecular formula is C13H25N3OS. The first-order valence-corrected chi connectivity index (χ1v) is 7.26. The molecule has 0 radical (unpaired) electrons. The van der Waals surface area contributed by atoms with E-state index in [-0.39, 0.29) is 11.9 Å². The molecule has 5 heteroatoms. The van der Waals surface area contributed by atoms with Crippen molar-refractivity contribution >= 4 is 22.8 Å². The first kappa shape index (κ1) is 15.3. The number of hydrogen-bond donors (Lipinski definition) is 1. The van der Waals surface area contributed by atoms with Gasteiger partial charge in [0.2, 0.25) is 5.91 Å². The molecule has 2 unspecified atom stereocenters. The van der Waals surface area contributed by atoms with Gasteiger partial charge in [0.1, 0.15) is 6.04 Å². The van der Waals surface area contributed by atoms with Crippen molar-refractivity contribution in [3.8, 4) is 0 Å². The van der Waals surface area contributed by atoms with Gasteiger partial charge in [-0.3, -0.25) is 9.79 Å². The third-order valence-corrected chi connectivity index (χ3v) is 3.83. The zero-order valence-electron chi connectivity index (χ0n) is 12.3. The highest BCUT2D eigenvalue weighted by Gasteiger charge is 2.26. The summed E-state index contributed by atoms with van der Waals surface area (Å²) >= 11 is 1.76. The number of hydrogen-bond acceptors (Lipinski definition) is 4. The lowest BCUT2D eigenvalue weighted by Gasteiger charge is -2.22. The van der Waals surface area contributed by atoms with E-state index < -0.39 is 0 Å². The van der Waals surface area contributed by atoms with Crippen LogP contribution in [0.15, 0.2) is 4.99 Å². The molecule has 2 atom stereocenters. The van der Waals surface area contributed by atoms with Gasteiger partial charge in [0, 0.05) is 19.3 Å². The van der Waals surface area contributed by atoms with Gasteiger partial charge in [0.05, 0.1) is 6.54 Å². The van der Waals surface area contributed by atoms with Crippen molar-refractivity contribution in [1.82, 2.24) is 10.2 Å². The summed E-state index contributed by atoms with van der Waals surface area (Å²) in [5.41, 5.74) is 0.327. The van der Waals surface area contributed by atoms with E-state index in [1.807, 2.05) is 6.92 Å². The second-order valence-corrected chi connectivity index (χ2v) is 7.54. The molecule has 0 saturated heterocycles. The van der Waals surface area contributed by atoms with E-state index in [1.54, 1.807) is 30.8 Å². The lowest BCUT2D eigenvalue weighted by atomic mass is 9.90. The Morgan fingerprint density at radius 1 is 1.56 bits per heavy atom. The van der Waals surface area contributed by atoms with E-state index in [1.165, 1.54) is 0 Å². The molecule has 1 heterocycles. The Kier molecular flexibility index (Phi) is 5.08. The Labute approximate surface area is 115 Å². The van der Waals surface area contributed by atoms with Crippen LogP contribution in [0, 0.1) is 5.41 Å². The average molecular weight is 271 g/mol. The van der Waals surface area contributed by atoms with Crippen LogP contribution in [-0.2, 0) is 4.79 Å². The molecule has 0 fully saturated rings. The average Bonchev–Trinajstić information content (AvgIpc) is 2.61. The van der Waals surface area contributed by atoms with Crippen LogP contribution < -0.4 is 5.32 Å². The van der Waals surface area contributed by atoms with Gasteiger partial charge in [0.25, 0.3) is 0 Å². The predicted molar refractivity (Wildman–Crippen MR) is 79.0 cm³/mol. The van der Waals surface area contributed by atoms with Crippen LogP contribution in [0.1, 0.15) is 34.1 Å². The van der Waals surface area contributed by atoms with Gasteiger partial charge in [-0.25, -0.2) is 0 Å². The number of rotatable bonds is 3. The van der Waals surface area contributed by atoms with Gasteiger partial charge in [-0.05, 0) is 18.8 Å². The van der Waals surface area contributed by atoms with Gasteiger partial charge >= 0.3 is 0 Å². The topological polar surface area (TPSA) is 44.7 Å². The van der Waals surface area contributed by atoms with Crippen molar-refractivity contribution in [2.75, 3.05) is 20.6 Å². The molecule has 1 amide bonds. The highest BCUT2D eigenvalue weighted by molar-refractivity contribution is 8.14. The third kappa shape index (κ3) is 4.88. The highest BCUT2D eigenvalue weighted by Crippen LogP contribution is 2.31. The summed E-state index contributed by atoms with van der Waals surface area (Å²) < 4.78 is 0. The number of likely N-dealkylation sites (N-methyl/N-ethyl adjacent to an activating group) is 1. The van der Waals surface area contributed by atoms with E-state index in [2.05, 4.69) is 31.1 Å². The summed E-state index contributed by atoms with van der Waals surface area (Å²) in [6, 6.07) is -0.209. The van der Waals surface area contributed by atoms with Gasteiger partial charge in [0.15, 0.2) is 5.17 Å². The van der Waals surface area contributed by atoms with Crippen LogP contribution in [0.4, 0.5) is 0 Å². The molecule has 1 aliphatic heterocycles. The van der Waals surface area contributed by atoms with Crippen LogP contribution >= 0.6 is 11.8 Å². The van der Waals surface area contributed by atoms with Gasteiger partial charge < -0.3 is 10.2 Å². The fourth-order valence-electron chi connectivity index (χ4n) is 1.92. The smallest absolute Gasteiger partial charge is 0.244 e. The number of amides is 1. The van der Waals surface area contributed by atoms with E-state index >= 15 is 0 Å². The fraction of sp³-hybridized carbons (Fsp3) is 0.846. The summed E-state index contributed by atoms with van der Waals surface area (Å²) in [6.45, 7) is 9.47. The summed E-state index contributed by atoms with van der Waals surface area (Å²) in [4.78, 5) is 17.8. The highest BCUT2D eigenvalue weighted by atomic mass is 32.2. The lowest BCUT2D eigenvalue weighted by Crippen LogP contribution is -2.43. The minimum Gasteiger partial charge on any atom is -0.353 e. The molecule has 1 N–H and O–H groups in total. The van der Waals surface area contributed by atoms with Crippen molar-refractivity contribution in [1.29, 1.82) is 0 Å². The summed E-state index contributed by atoms with van der Waals surface area (Å²) in [7, 11) is 3.54. The van der Waals surface area contributed by atoms with Crippen LogP contribution in [0.5, 0.6) is 0 Å². The van der Waals surface area contributed by atoms with Crippen molar-refractivity contribution < 1.29 is 4.79 Å². The van der Waals surface area contributed by atoms with Gasteiger partial charge in [-0.2, -0.15) is 0 Å². The van der Waals surface area contributed by atoms with Crippen LogP contribution in [-0.4, -0.2) is 47.9 Å². The normalized spacial score (nSPS) is 21.4. The second kappa shape index (κ2) is 5.95. The summed E-state index contributed by atoms with van der Waals surface area (Å²) in [6.07, 6.45) is 1.14. The Morgan fingerprint density at radius 3 is 2.67 bits per heavy atom. The quantitative estimate of drug-likeness (QED) is 0.853. The molecule has 0 aliphatic carbocycles. The zero-order chi connectivity index (χ0) is 13.9. The number of aliphatic imine (C=N–C) groups is 1. The summed E-state index contributed by atoms with van der Waals surface area (Å²) in [5, 5.41) is 4.64. The minimum absolute atomic E-state index is 0.0811. The maximum absolute atomic E-state index is 11.7. The first-order chi connectivity index (χ1) is 8.19. The van der Waals surface area contributed by atoms with Crippen LogP contribution in [0.25, 0.3) is 0 Å². The molecular weight excluding hydrogens is 246 g/mol. The zero-order valence-corrected chi connectivity index (χ0v) is 13.1. The predicted octanol–water partition coefficient (Wildman–Crippen LogP) is 1.96. The second-order valence-electron chi connectivity index (χ2n) is 6.25. The number of carbonyl (C=O) groups is 1. The Balaban J connectivity index is 2.41. The number of amidine groups is 1. The number of thioether (sulfide) groups is 1. The van der Waals surface area contributed by atoms with E-state index in [4.69, 9.17) is 0 Å². The Morgan fingerprint density at radius 2 is 2.17 bits per heavy atom. The maximum atomic E-state index is 11.7. The molecule has 1 rings (SSSR count). The van der Waals surface area contributed by atoms with Crippen molar-refractivity contribution in [3.63, 3.8) is 0 Å². The van der Waals surface area contributed by atoms with Crippen molar-refractivity contribution in [3.05, 3.63) is 0 Å². The number of nitrogens with zero attached hydrogens (tertiary/aromatic N) is 2. The molecule has 0 aromatic heterocycles. The maximum Gasteiger partial charge on any atom is 0.244 e. The monoisotopic (exact) mass is 271 g/mol. The van der Waals surface area contributed by atoms with Gasteiger partial charge in [-0.15, -0.1) is 0 Å². The van der Waals surface area contributed by atoms with Crippen LogP contribution in [0.3, 0.4) is 0 Å². The molecule has 0 saturated carbocycles. The standard InChI is InChI=1S/C13H25N3OS/c1-9(11(17)16(5)6)15-12-14-8-10(18-12)7-13(2,3)4/h9-10H,7-8H2,1-6H3,(H,14,15). The summed E-state index contributed by atoms with van der Waals surface area (Å²) in [5.74, 6) is 0.0811. The van der Waals surface area contributed by atoms with Crippen molar-refractivity contribution in [2.24, 2.45) is 10.4 Å². The molecule has 0 bridgehead atoms. The third-order valence-electron chi connectivity index (χ3n) is 2.71. The molecule has 0 aromatic carbocycles. The van der Waals surface area contributed by atoms with Gasteiger partial charge in [-0.1, -0.05) is 32.5 Å². The molecule has 1 aliphatic rings. The first-order valence-electron chi connectivity index (χ1n) is 6.38. The lowest BCUT2D eigenvalue weighted by molar-refractivity contribution is -0.130. The fourth-order valence-corrected chi connectivity index (χ4v) is 3.36. The van der Waals surface area contributed by atoms with Crippen LogP contribution in [0.2, 0.25) is 0 Å². The largest absolute Gasteiger partial charge is 0.353 e. The minimum atomic E-state index is -0.209. The molecule has 18 heavy (non-hydrogen) atoms. The molecule has 4 nitrogen and oxygen atoms in total.